The van der Waals surface area contributed by atoms with Gasteiger partial charge in [-0.25, -0.2) is 4.79 Å². The second kappa shape index (κ2) is 35.7. The number of carbonyl (C=O) groups is 6. The van der Waals surface area contributed by atoms with Gasteiger partial charge in [0, 0.05) is 34.5 Å². The Morgan fingerprint density at radius 2 is 0.856 bits per heavy atom. The number of hydrogen-bond acceptors (Lipinski definition) is 13. The Hall–Kier alpha value is -7.74. The molecule has 512 valence electrons. The molecule has 0 saturated carbocycles. The lowest BCUT2D eigenvalue weighted by molar-refractivity contribution is -0.143. The van der Waals surface area contributed by atoms with E-state index >= 15 is 0 Å². The Balaban J connectivity index is 0.000000230. The molecule has 0 fully saturated rings. The summed E-state index contributed by atoms with van der Waals surface area (Å²) in [5, 5.41) is 63.3. The molecule has 18 nitrogen and oxygen atoms in total. The number of halogens is 6. The molecule has 0 radical (unpaired) electrons. The van der Waals surface area contributed by atoms with Crippen LogP contribution in [0.5, 0.6) is 51.7 Å². The second-order valence-electron chi connectivity index (χ2n) is 23.6. The Labute approximate surface area is 613 Å². The molecule has 0 bridgehead atoms. The number of phenols is 3. The lowest BCUT2D eigenvalue weighted by Gasteiger charge is -2.21. The third kappa shape index (κ3) is 22.1. The summed E-state index contributed by atoms with van der Waals surface area (Å²) in [6, 6.07) is 36.0. The van der Waals surface area contributed by atoms with E-state index in [0.29, 0.717) is 101 Å². The number of ketones is 1. The van der Waals surface area contributed by atoms with Crippen molar-refractivity contribution in [3.63, 3.8) is 0 Å². The fourth-order valence-electron chi connectivity index (χ4n) is 9.90. The summed E-state index contributed by atoms with van der Waals surface area (Å²) in [4.78, 5) is 73.0. The summed E-state index contributed by atoms with van der Waals surface area (Å²) in [5.74, 6) is 0.189. The quantitative estimate of drug-likeness (QED) is 0.0261. The fourth-order valence-corrected chi connectivity index (χ4v) is 14.2. The first-order valence-corrected chi connectivity index (χ1v) is 35.0. The van der Waals surface area contributed by atoms with E-state index < -0.39 is 30.5 Å². The molecule has 8 N–H and O–H groups in total. The summed E-state index contributed by atoms with van der Waals surface area (Å²) in [5.41, 5.74) is 8.03. The molecule has 97 heavy (non-hydrogen) atoms. The number of nitrogens with zero attached hydrogens (tertiary/aromatic N) is 1. The first-order chi connectivity index (χ1) is 45.6. The zero-order valence-corrected chi connectivity index (χ0v) is 64.1. The highest BCUT2D eigenvalue weighted by atomic mass is 79.9. The van der Waals surface area contributed by atoms with Gasteiger partial charge in [0.05, 0.1) is 39.7 Å². The Bertz CT molecular complexity index is 4150. The molecule has 1 atom stereocenters. The number of nitrogens with one attached hydrogen (secondary N) is 2. The maximum Gasteiger partial charge on any atom is 0.326 e. The third-order valence-electron chi connectivity index (χ3n) is 14.8. The maximum absolute atomic E-state index is 13.0. The number of rotatable bonds is 24. The number of anilines is 2. The van der Waals surface area contributed by atoms with Crippen molar-refractivity contribution >= 4 is 142 Å². The van der Waals surface area contributed by atoms with Gasteiger partial charge in [-0.1, -0.05) is 71.9 Å². The minimum absolute atomic E-state index is 0.0110. The Morgan fingerprint density at radius 3 is 1.25 bits per heavy atom. The lowest BCUT2D eigenvalue weighted by Crippen LogP contribution is -2.44. The fraction of sp³-hybridized carbons (Fsp3) is 0.260. The molecule has 0 aliphatic carbocycles. The van der Waals surface area contributed by atoms with Crippen LogP contribution in [0.25, 0.3) is 0 Å². The Morgan fingerprint density at radius 1 is 0.474 bits per heavy atom. The van der Waals surface area contributed by atoms with Crippen molar-refractivity contribution in [1.82, 2.24) is 5.32 Å². The summed E-state index contributed by atoms with van der Waals surface area (Å²) < 4.78 is 22.1. The molecule has 2 amide bonds. The van der Waals surface area contributed by atoms with Crippen LogP contribution in [0, 0.1) is 33.6 Å². The number of aliphatic carboxylic acids is 3. The number of phenolic OH excluding ortho intramolecular Hbond substituents is 3. The van der Waals surface area contributed by atoms with Gasteiger partial charge >= 0.3 is 17.9 Å². The zero-order chi connectivity index (χ0) is 71.9. The van der Waals surface area contributed by atoms with Crippen molar-refractivity contribution in [2.45, 2.75) is 106 Å². The number of aryl methyl sites for hydroxylation is 4. The normalized spacial score (nSPS) is 11.2. The van der Waals surface area contributed by atoms with E-state index in [2.05, 4.69) is 106 Å². The number of hydrogen-bond donors (Lipinski definition) is 8. The van der Waals surface area contributed by atoms with E-state index in [1.54, 1.807) is 131 Å². The van der Waals surface area contributed by atoms with Crippen LogP contribution in [0.2, 0.25) is 0 Å². The molecular formula is C73H73Br6N3O15. The van der Waals surface area contributed by atoms with Gasteiger partial charge in [-0.3, -0.25) is 24.0 Å². The lowest BCUT2D eigenvalue weighted by atomic mass is 9.99. The maximum atomic E-state index is 13.0. The van der Waals surface area contributed by atoms with E-state index in [4.69, 9.17) is 19.3 Å². The highest BCUT2D eigenvalue weighted by Crippen LogP contribution is 2.44. The first-order valence-electron chi connectivity index (χ1n) is 30.2. The molecule has 8 rings (SSSR count). The molecular weight excluding hydrogens is 1640 g/mol. The molecule has 0 aromatic heterocycles. The summed E-state index contributed by atoms with van der Waals surface area (Å²) in [6.45, 7) is 18.0. The van der Waals surface area contributed by atoms with Crippen LogP contribution in [-0.2, 0) is 43.2 Å². The molecule has 8 aromatic carbocycles. The molecule has 0 aliphatic rings. The monoisotopic (exact) mass is 1710 g/mol. The summed E-state index contributed by atoms with van der Waals surface area (Å²) in [7, 11) is 0. The summed E-state index contributed by atoms with van der Waals surface area (Å²) in [6.07, 6.45) is 0.167. The van der Waals surface area contributed by atoms with Crippen LogP contribution in [-0.4, -0.2) is 85.3 Å². The average molecular weight is 1710 g/mol. The molecule has 0 aliphatic heterocycles. The van der Waals surface area contributed by atoms with Crippen LogP contribution >= 0.6 is 95.6 Å². The predicted molar refractivity (Wildman–Crippen MR) is 396 cm³/mol. The van der Waals surface area contributed by atoms with Gasteiger partial charge in [0.25, 0.3) is 0 Å². The SMILES string of the molecule is Cc1cc(Oc2c(Br)cc(CC(=O)N(CC(=O)O)c3ccccc3)cc2Br)cc(C)c1O.Cc1cc(Oc2c(Br)cc(CC(=O)N[C@H](C(=O)O)C(C)C)cc2Br)cc(C(C)C)c1O.Cc1cc(Oc2c(Br)cc(CC(=O)c3ccccc3NCC(=O)O)cc2Br)cc(C(C)C)c1O. The number of Topliss-reactive ketones (excluding diaryl/α,β-unsaturated/α-hetero) is 1. The number of benzene rings is 8. The number of carbonyl (C=O) groups excluding carboxylic acids is 3. The first kappa shape index (κ1) is 78.3. The average Bonchev–Trinajstić information content (AvgIpc) is 0.848. The van der Waals surface area contributed by atoms with Gasteiger partial charge in [-0.2, -0.15) is 0 Å². The van der Waals surface area contributed by atoms with E-state index in [9.17, 15) is 54.3 Å². The molecule has 8 aromatic rings. The zero-order valence-electron chi connectivity index (χ0n) is 54.5. The van der Waals surface area contributed by atoms with Gasteiger partial charge in [-0.05, 0) is 277 Å². The number of aromatic hydroxyl groups is 3. The van der Waals surface area contributed by atoms with Gasteiger partial charge in [-0.15, -0.1) is 0 Å². The van der Waals surface area contributed by atoms with Crippen molar-refractivity contribution in [2.75, 3.05) is 23.3 Å². The van der Waals surface area contributed by atoms with Crippen LogP contribution in [0.15, 0.2) is 154 Å². The molecule has 0 heterocycles. The number of para-hydroxylation sites is 2. The minimum atomic E-state index is -1.09. The molecule has 24 heteroatoms. The Kier molecular flexibility index (Phi) is 28.8. The summed E-state index contributed by atoms with van der Waals surface area (Å²) >= 11 is 21.1. The van der Waals surface area contributed by atoms with Crippen molar-refractivity contribution in [3.05, 3.63) is 210 Å². The van der Waals surface area contributed by atoms with Crippen LogP contribution < -0.4 is 29.7 Å². The van der Waals surface area contributed by atoms with E-state index in [-0.39, 0.29) is 78.4 Å². The van der Waals surface area contributed by atoms with E-state index in [1.807, 2.05) is 65.8 Å². The van der Waals surface area contributed by atoms with Crippen molar-refractivity contribution in [1.29, 1.82) is 0 Å². The van der Waals surface area contributed by atoms with E-state index in [0.717, 1.165) is 27.8 Å². The number of amides is 2. The topological polar surface area (TPSA) is 279 Å². The largest absolute Gasteiger partial charge is 0.507 e. The standard InChI is InChI=1S/C26H25Br2NO5.C24H21Br2NO5.C23H27Br2NO5/c1-14(2)19-12-17(8-15(3)25(19)33)34-26-20(27)9-16(10-21(26)28)11-23(30)18-6-4-5-7-22(18)29-13-24(31)32;1-14-8-18(9-15(2)23(14)31)32-24-19(25)10-16(11-20(24)26)12-21(28)27(13-22(29)30)17-6-4-3-5-7-17;1-11(2)16-10-15(6-13(5)21(16)28)31-22-17(24)7-14(8-18(22)25)9-19(27)26-20(12(3)4)23(29)30/h4-10,12,14,29,33H,11,13H2,1-3H3,(H,31,32);3-11,31H,12-13H2,1-2H3,(H,29,30);6-8,10-12,20,28H,9H2,1-5H3,(H,26,27)(H,29,30)/t;;20-/m..0/s1. The third-order valence-corrected chi connectivity index (χ3v) is 18.3. The van der Waals surface area contributed by atoms with Crippen molar-refractivity contribution in [2.24, 2.45) is 5.92 Å². The van der Waals surface area contributed by atoms with Crippen LogP contribution in [0.3, 0.4) is 0 Å². The number of carboxylic acid groups (broad SMARTS) is 3. The second-order valence-corrected chi connectivity index (χ2v) is 28.8. The number of carboxylic acids is 3. The molecule has 0 spiro atoms. The van der Waals surface area contributed by atoms with Gasteiger partial charge in [0.15, 0.2) is 23.0 Å². The van der Waals surface area contributed by atoms with Gasteiger partial charge < -0.3 is 60.4 Å². The van der Waals surface area contributed by atoms with Crippen molar-refractivity contribution in [3.8, 4) is 51.7 Å². The minimum Gasteiger partial charge on any atom is -0.507 e. The smallest absolute Gasteiger partial charge is 0.326 e. The number of ether oxygens (including phenoxy) is 3. The highest BCUT2D eigenvalue weighted by Gasteiger charge is 2.26. The van der Waals surface area contributed by atoms with Crippen LogP contribution in [0.1, 0.15) is 114 Å². The van der Waals surface area contributed by atoms with Gasteiger partial charge in [0.1, 0.15) is 53.6 Å². The highest BCUT2D eigenvalue weighted by molar-refractivity contribution is 9.12. The molecule has 0 saturated heterocycles. The van der Waals surface area contributed by atoms with Gasteiger partial charge in [0.2, 0.25) is 11.8 Å². The van der Waals surface area contributed by atoms with Crippen molar-refractivity contribution < 1.29 is 73.6 Å². The van der Waals surface area contributed by atoms with E-state index in [1.165, 1.54) is 4.90 Å². The molecule has 0 unspecified atom stereocenters. The van der Waals surface area contributed by atoms with Crippen LogP contribution in [0.4, 0.5) is 11.4 Å². The predicted octanol–water partition coefficient (Wildman–Crippen LogP) is 19.0.